The fourth-order valence-electron chi connectivity index (χ4n) is 1.64. The molecule has 0 saturated heterocycles. The molecule has 1 N–H and O–H groups in total. The van der Waals surface area contributed by atoms with Gasteiger partial charge in [0.25, 0.3) is 0 Å². The van der Waals surface area contributed by atoms with Gasteiger partial charge in [0, 0.05) is 5.39 Å². The molecule has 1 atom stereocenters. The Labute approximate surface area is 99.6 Å². The second-order valence-corrected chi connectivity index (χ2v) is 3.81. The predicted octanol–water partition coefficient (Wildman–Crippen LogP) is 2.21. The SMILES string of the molecule is COC(=O)C(C)Nc1cnc2ccccc2c1. The van der Waals surface area contributed by atoms with Crippen LogP contribution in [0.2, 0.25) is 0 Å². The zero-order valence-electron chi connectivity index (χ0n) is 9.81. The number of esters is 1. The molecule has 2 rings (SSSR count). The Morgan fingerprint density at radius 1 is 1.41 bits per heavy atom. The molecule has 0 aliphatic heterocycles. The molecule has 0 saturated carbocycles. The number of hydrogen-bond acceptors (Lipinski definition) is 4. The lowest BCUT2D eigenvalue weighted by atomic mass is 10.2. The van der Waals surface area contributed by atoms with Gasteiger partial charge in [-0.1, -0.05) is 18.2 Å². The molecule has 0 radical (unpaired) electrons. The van der Waals surface area contributed by atoms with Crippen LogP contribution in [0.25, 0.3) is 10.9 Å². The third-order valence-electron chi connectivity index (χ3n) is 2.53. The van der Waals surface area contributed by atoms with Crippen LogP contribution in [0.3, 0.4) is 0 Å². The monoisotopic (exact) mass is 230 g/mol. The maximum Gasteiger partial charge on any atom is 0.327 e. The van der Waals surface area contributed by atoms with E-state index < -0.39 is 0 Å². The van der Waals surface area contributed by atoms with Gasteiger partial charge in [0.2, 0.25) is 0 Å². The molecule has 1 aromatic heterocycles. The van der Waals surface area contributed by atoms with Gasteiger partial charge in [0.1, 0.15) is 6.04 Å². The number of aromatic nitrogens is 1. The molecule has 0 amide bonds. The van der Waals surface area contributed by atoms with Crippen molar-refractivity contribution in [3.05, 3.63) is 36.5 Å². The molecule has 1 aromatic carbocycles. The maximum atomic E-state index is 11.3. The van der Waals surface area contributed by atoms with Crippen molar-refractivity contribution in [1.82, 2.24) is 4.98 Å². The van der Waals surface area contributed by atoms with Crippen molar-refractivity contribution in [1.29, 1.82) is 0 Å². The van der Waals surface area contributed by atoms with E-state index in [2.05, 4.69) is 15.0 Å². The molecule has 0 fully saturated rings. The van der Waals surface area contributed by atoms with E-state index in [4.69, 9.17) is 0 Å². The third-order valence-corrected chi connectivity index (χ3v) is 2.53. The molecule has 0 aliphatic rings. The van der Waals surface area contributed by atoms with Crippen molar-refractivity contribution in [3.8, 4) is 0 Å². The maximum absolute atomic E-state index is 11.3. The van der Waals surface area contributed by atoms with E-state index in [1.165, 1.54) is 7.11 Å². The second-order valence-electron chi connectivity index (χ2n) is 3.81. The van der Waals surface area contributed by atoms with Crippen LogP contribution in [0.15, 0.2) is 36.5 Å². The highest BCUT2D eigenvalue weighted by molar-refractivity contribution is 5.83. The average Bonchev–Trinajstić information content (AvgIpc) is 2.37. The van der Waals surface area contributed by atoms with Gasteiger partial charge in [0.05, 0.1) is 24.5 Å². The smallest absolute Gasteiger partial charge is 0.327 e. The summed E-state index contributed by atoms with van der Waals surface area (Å²) in [7, 11) is 1.37. The van der Waals surface area contributed by atoms with Crippen molar-refractivity contribution in [2.45, 2.75) is 13.0 Å². The molecule has 88 valence electrons. The zero-order valence-corrected chi connectivity index (χ0v) is 9.81. The summed E-state index contributed by atoms with van der Waals surface area (Å²) in [5.41, 5.74) is 1.74. The van der Waals surface area contributed by atoms with Gasteiger partial charge in [0.15, 0.2) is 0 Å². The van der Waals surface area contributed by atoms with E-state index in [1.54, 1.807) is 13.1 Å². The predicted molar refractivity (Wildman–Crippen MR) is 66.8 cm³/mol. The summed E-state index contributed by atoms with van der Waals surface area (Å²) in [4.78, 5) is 15.6. The molecular weight excluding hydrogens is 216 g/mol. The number of carbonyl (C=O) groups is 1. The molecule has 17 heavy (non-hydrogen) atoms. The summed E-state index contributed by atoms with van der Waals surface area (Å²) in [6, 6.07) is 9.40. The molecule has 4 nitrogen and oxygen atoms in total. The van der Waals surface area contributed by atoms with Gasteiger partial charge in [-0.05, 0) is 19.1 Å². The Kier molecular flexibility index (Phi) is 3.23. The zero-order chi connectivity index (χ0) is 12.3. The molecule has 1 heterocycles. The van der Waals surface area contributed by atoms with Crippen LogP contribution < -0.4 is 5.32 Å². The molecule has 1 unspecified atom stereocenters. The van der Waals surface area contributed by atoms with Crippen molar-refractivity contribution in [3.63, 3.8) is 0 Å². The minimum atomic E-state index is -0.386. The number of nitrogens with zero attached hydrogens (tertiary/aromatic N) is 1. The number of fused-ring (bicyclic) bond motifs is 1. The van der Waals surface area contributed by atoms with Crippen molar-refractivity contribution in [2.24, 2.45) is 0 Å². The number of methoxy groups -OCH3 is 1. The van der Waals surface area contributed by atoms with E-state index in [9.17, 15) is 4.79 Å². The van der Waals surface area contributed by atoms with Crippen LogP contribution in [0, 0.1) is 0 Å². The first-order valence-corrected chi connectivity index (χ1v) is 5.40. The molecule has 0 aliphatic carbocycles. The fraction of sp³-hybridized carbons (Fsp3) is 0.231. The van der Waals surface area contributed by atoms with Gasteiger partial charge in [-0.25, -0.2) is 4.79 Å². The van der Waals surface area contributed by atoms with Crippen LogP contribution in [-0.2, 0) is 9.53 Å². The fourth-order valence-corrected chi connectivity index (χ4v) is 1.64. The Morgan fingerprint density at radius 2 is 2.18 bits per heavy atom. The van der Waals surface area contributed by atoms with Crippen LogP contribution >= 0.6 is 0 Å². The van der Waals surface area contributed by atoms with E-state index in [0.717, 1.165) is 16.6 Å². The minimum Gasteiger partial charge on any atom is -0.467 e. The van der Waals surface area contributed by atoms with E-state index in [0.29, 0.717) is 0 Å². The van der Waals surface area contributed by atoms with E-state index in [1.807, 2.05) is 30.3 Å². The van der Waals surface area contributed by atoms with Crippen molar-refractivity contribution >= 4 is 22.6 Å². The van der Waals surface area contributed by atoms with Crippen LogP contribution in [-0.4, -0.2) is 24.1 Å². The van der Waals surface area contributed by atoms with E-state index >= 15 is 0 Å². The lowest BCUT2D eigenvalue weighted by Gasteiger charge is -2.12. The first kappa shape index (κ1) is 11.4. The van der Waals surface area contributed by atoms with Gasteiger partial charge in [-0.15, -0.1) is 0 Å². The third kappa shape index (κ3) is 2.53. The average molecular weight is 230 g/mol. The molecule has 4 heteroatoms. The highest BCUT2D eigenvalue weighted by Gasteiger charge is 2.12. The first-order chi connectivity index (χ1) is 8.20. The number of anilines is 1. The normalized spacial score (nSPS) is 12.1. The summed E-state index contributed by atoms with van der Waals surface area (Å²) < 4.78 is 4.65. The molecule has 0 spiro atoms. The van der Waals surface area contributed by atoms with Gasteiger partial charge in [-0.2, -0.15) is 0 Å². The number of benzene rings is 1. The highest BCUT2D eigenvalue weighted by atomic mass is 16.5. The quantitative estimate of drug-likeness (QED) is 0.821. The lowest BCUT2D eigenvalue weighted by Crippen LogP contribution is -2.27. The summed E-state index contributed by atoms with van der Waals surface area (Å²) in [5.74, 6) is -0.293. The van der Waals surface area contributed by atoms with Crippen LogP contribution in [0.4, 0.5) is 5.69 Å². The Bertz CT molecular complexity index is 540. The molecule has 2 aromatic rings. The molecular formula is C13H14N2O2. The number of pyridine rings is 1. The summed E-state index contributed by atoms with van der Waals surface area (Å²) in [6.45, 7) is 1.75. The van der Waals surface area contributed by atoms with Gasteiger partial charge in [-0.3, -0.25) is 4.98 Å². The summed E-state index contributed by atoms with van der Waals surface area (Å²) >= 11 is 0. The van der Waals surface area contributed by atoms with Crippen molar-refractivity contribution in [2.75, 3.05) is 12.4 Å². The Morgan fingerprint density at radius 3 is 2.94 bits per heavy atom. The number of ether oxygens (including phenoxy) is 1. The summed E-state index contributed by atoms with van der Waals surface area (Å²) in [5, 5.41) is 4.08. The lowest BCUT2D eigenvalue weighted by molar-refractivity contribution is -0.141. The van der Waals surface area contributed by atoms with Crippen LogP contribution in [0.1, 0.15) is 6.92 Å². The van der Waals surface area contributed by atoms with E-state index in [-0.39, 0.29) is 12.0 Å². The first-order valence-electron chi connectivity index (χ1n) is 5.40. The standard InChI is InChI=1S/C13H14N2O2/c1-9(13(16)17-2)15-11-7-10-5-3-4-6-12(10)14-8-11/h3-9,15H,1-2H3. The number of nitrogens with one attached hydrogen (secondary N) is 1. The van der Waals surface area contributed by atoms with Gasteiger partial charge < -0.3 is 10.1 Å². The highest BCUT2D eigenvalue weighted by Crippen LogP contribution is 2.16. The molecule has 0 bridgehead atoms. The number of hydrogen-bond donors (Lipinski definition) is 1. The number of carbonyl (C=O) groups excluding carboxylic acids is 1. The van der Waals surface area contributed by atoms with Crippen LogP contribution in [0.5, 0.6) is 0 Å². The number of para-hydroxylation sites is 1. The Hall–Kier alpha value is -2.10. The minimum absolute atomic E-state index is 0.293. The number of rotatable bonds is 3. The Balaban J connectivity index is 2.22. The van der Waals surface area contributed by atoms with Gasteiger partial charge >= 0.3 is 5.97 Å². The van der Waals surface area contributed by atoms with Crippen molar-refractivity contribution < 1.29 is 9.53 Å². The second kappa shape index (κ2) is 4.82. The topological polar surface area (TPSA) is 51.2 Å². The summed E-state index contributed by atoms with van der Waals surface area (Å²) in [6.07, 6.45) is 1.71. The largest absolute Gasteiger partial charge is 0.467 e.